The molecular weight excluding hydrogens is 362 g/mol. The Bertz CT molecular complexity index is 566. The zero-order chi connectivity index (χ0) is 12.5. The maximum Gasteiger partial charge on any atom is 0.248 e. The predicted octanol–water partition coefficient (Wildman–Crippen LogP) is 3.51. The first-order valence-corrected chi connectivity index (χ1v) is 7.32. The number of benzene rings is 1. The van der Waals surface area contributed by atoms with Crippen molar-refractivity contribution in [1.82, 2.24) is 15.5 Å². The van der Waals surface area contributed by atoms with E-state index in [0.717, 1.165) is 14.5 Å². The van der Waals surface area contributed by atoms with Gasteiger partial charge in [0.2, 0.25) is 11.8 Å². The Morgan fingerprint density at radius 3 is 2.83 bits per heavy atom. The van der Waals surface area contributed by atoms with Crippen molar-refractivity contribution in [2.75, 3.05) is 0 Å². The highest BCUT2D eigenvalue weighted by Gasteiger charge is 2.21. The van der Waals surface area contributed by atoms with Gasteiger partial charge in [-0.2, -0.15) is 0 Å². The van der Waals surface area contributed by atoms with E-state index in [-0.39, 0.29) is 0 Å². The van der Waals surface area contributed by atoms with E-state index >= 15 is 0 Å². The van der Waals surface area contributed by atoms with Crippen LogP contribution < -0.4 is 5.32 Å². The van der Waals surface area contributed by atoms with Crippen LogP contribution in [0.25, 0.3) is 11.5 Å². The maximum absolute atomic E-state index is 5.64. The number of hydrogen-bond donors (Lipinski definition) is 1. The molecule has 1 aliphatic carbocycles. The Balaban J connectivity index is 1.78. The van der Waals surface area contributed by atoms with Gasteiger partial charge in [0.25, 0.3) is 0 Å². The van der Waals surface area contributed by atoms with Crippen LogP contribution in [0.1, 0.15) is 18.7 Å². The van der Waals surface area contributed by atoms with Crippen molar-refractivity contribution in [3.05, 3.63) is 33.0 Å². The molecule has 0 atom stereocenters. The molecule has 2 aromatic rings. The average Bonchev–Trinajstić information content (AvgIpc) is 3.05. The zero-order valence-electron chi connectivity index (χ0n) is 9.49. The molecule has 0 radical (unpaired) electrons. The summed E-state index contributed by atoms with van der Waals surface area (Å²) in [6.07, 6.45) is 2.50. The number of rotatable bonds is 4. The molecule has 3 rings (SSSR count). The molecule has 6 heteroatoms. The number of aromatic nitrogens is 2. The van der Waals surface area contributed by atoms with Gasteiger partial charge >= 0.3 is 0 Å². The van der Waals surface area contributed by atoms with Crippen molar-refractivity contribution in [2.45, 2.75) is 25.4 Å². The summed E-state index contributed by atoms with van der Waals surface area (Å²) in [6, 6.07) is 6.49. The molecule has 1 fully saturated rings. The van der Waals surface area contributed by atoms with Gasteiger partial charge in [-0.25, -0.2) is 0 Å². The SMILES string of the molecule is Brc1ccc(-c2nnc(CNC3CC3)o2)c(Br)c1. The van der Waals surface area contributed by atoms with Gasteiger partial charge in [0.15, 0.2) is 0 Å². The summed E-state index contributed by atoms with van der Waals surface area (Å²) < 4.78 is 7.58. The molecule has 0 amide bonds. The first-order valence-electron chi connectivity index (χ1n) is 5.73. The van der Waals surface area contributed by atoms with Crippen LogP contribution in [0.5, 0.6) is 0 Å². The van der Waals surface area contributed by atoms with E-state index in [1.807, 2.05) is 18.2 Å². The van der Waals surface area contributed by atoms with Crippen LogP contribution >= 0.6 is 31.9 Å². The largest absolute Gasteiger partial charge is 0.419 e. The fourth-order valence-corrected chi connectivity index (χ4v) is 2.83. The summed E-state index contributed by atoms with van der Waals surface area (Å²) in [5.74, 6) is 1.17. The molecule has 1 heterocycles. The van der Waals surface area contributed by atoms with Crippen molar-refractivity contribution in [3.63, 3.8) is 0 Å². The van der Waals surface area contributed by atoms with Gasteiger partial charge in [-0.05, 0) is 47.0 Å². The summed E-state index contributed by atoms with van der Waals surface area (Å²) in [4.78, 5) is 0. The molecule has 0 bridgehead atoms. The molecule has 4 nitrogen and oxygen atoms in total. The third kappa shape index (κ3) is 2.81. The second kappa shape index (κ2) is 5.11. The highest BCUT2D eigenvalue weighted by molar-refractivity contribution is 9.11. The lowest BCUT2D eigenvalue weighted by molar-refractivity contribution is 0.476. The van der Waals surface area contributed by atoms with Crippen molar-refractivity contribution < 1.29 is 4.42 Å². The second-order valence-electron chi connectivity index (χ2n) is 4.28. The van der Waals surface area contributed by atoms with E-state index in [4.69, 9.17) is 4.42 Å². The van der Waals surface area contributed by atoms with Gasteiger partial charge in [0, 0.05) is 15.0 Å². The van der Waals surface area contributed by atoms with Gasteiger partial charge in [-0.15, -0.1) is 10.2 Å². The number of hydrogen-bond acceptors (Lipinski definition) is 4. The second-order valence-corrected chi connectivity index (χ2v) is 6.05. The smallest absolute Gasteiger partial charge is 0.248 e. The van der Waals surface area contributed by atoms with Crippen LogP contribution in [0.15, 0.2) is 31.6 Å². The monoisotopic (exact) mass is 371 g/mol. The van der Waals surface area contributed by atoms with E-state index in [2.05, 4.69) is 47.4 Å². The Kier molecular flexibility index (Phi) is 3.50. The Morgan fingerprint density at radius 2 is 2.11 bits per heavy atom. The molecule has 0 spiro atoms. The maximum atomic E-state index is 5.64. The molecule has 0 saturated heterocycles. The van der Waals surface area contributed by atoms with E-state index in [9.17, 15) is 0 Å². The lowest BCUT2D eigenvalue weighted by Gasteiger charge is -1.99. The molecule has 1 aromatic heterocycles. The first kappa shape index (κ1) is 12.3. The Hall–Kier alpha value is -0.720. The van der Waals surface area contributed by atoms with Gasteiger partial charge in [0.1, 0.15) is 0 Å². The third-order valence-corrected chi connectivity index (χ3v) is 3.90. The van der Waals surface area contributed by atoms with E-state index in [1.54, 1.807) is 0 Å². The molecule has 0 aliphatic heterocycles. The van der Waals surface area contributed by atoms with Crippen LogP contribution in [0.4, 0.5) is 0 Å². The highest BCUT2D eigenvalue weighted by Crippen LogP contribution is 2.30. The molecule has 94 valence electrons. The summed E-state index contributed by atoms with van der Waals surface area (Å²) in [5.41, 5.74) is 0.906. The van der Waals surface area contributed by atoms with Crippen LogP contribution in [0.2, 0.25) is 0 Å². The number of nitrogens with one attached hydrogen (secondary N) is 1. The molecule has 1 saturated carbocycles. The fraction of sp³-hybridized carbons (Fsp3) is 0.333. The minimum atomic E-state index is 0.543. The fourth-order valence-electron chi connectivity index (χ4n) is 1.62. The van der Waals surface area contributed by atoms with Gasteiger partial charge in [0.05, 0.1) is 12.1 Å². The summed E-state index contributed by atoms with van der Waals surface area (Å²) in [7, 11) is 0. The normalized spacial score (nSPS) is 15.0. The van der Waals surface area contributed by atoms with Crippen LogP contribution in [-0.4, -0.2) is 16.2 Å². The summed E-state index contributed by atoms with van der Waals surface area (Å²) >= 11 is 6.91. The van der Waals surface area contributed by atoms with Crippen molar-refractivity contribution in [1.29, 1.82) is 0 Å². The molecule has 1 N–H and O–H groups in total. The molecule has 1 aliphatic rings. The van der Waals surface area contributed by atoms with Crippen molar-refractivity contribution in [2.24, 2.45) is 0 Å². The van der Waals surface area contributed by atoms with Gasteiger partial charge in [-0.1, -0.05) is 15.9 Å². The highest BCUT2D eigenvalue weighted by atomic mass is 79.9. The lowest BCUT2D eigenvalue weighted by Crippen LogP contribution is -2.15. The predicted molar refractivity (Wildman–Crippen MR) is 75.0 cm³/mol. The zero-order valence-corrected chi connectivity index (χ0v) is 12.7. The molecular formula is C12H11Br2N3O. The summed E-state index contributed by atoms with van der Waals surface area (Å²) in [5, 5.41) is 11.5. The van der Waals surface area contributed by atoms with Crippen LogP contribution in [-0.2, 0) is 6.54 Å². The number of nitrogens with zero attached hydrogens (tertiary/aromatic N) is 2. The van der Waals surface area contributed by atoms with Gasteiger partial charge in [-0.3, -0.25) is 0 Å². The molecule has 18 heavy (non-hydrogen) atoms. The molecule has 0 unspecified atom stereocenters. The van der Waals surface area contributed by atoms with Crippen LogP contribution in [0.3, 0.4) is 0 Å². The minimum absolute atomic E-state index is 0.543. The minimum Gasteiger partial charge on any atom is -0.419 e. The first-order chi connectivity index (χ1) is 8.72. The van der Waals surface area contributed by atoms with E-state index < -0.39 is 0 Å². The average molecular weight is 373 g/mol. The standard InChI is InChI=1S/C12H11Br2N3O/c13-7-1-4-9(10(14)5-7)12-17-16-11(18-12)6-15-8-2-3-8/h1,4-5,8,15H,2-3,6H2. The number of halogens is 2. The Morgan fingerprint density at radius 1 is 1.28 bits per heavy atom. The molecule has 1 aromatic carbocycles. The van der Waals surface area contributed by atoms with Crippen molar-refractivity contribution in [3.8, 4) is 11.5 Å². The lowest BCUT2D eigenvalue weighted by atomic mass is 10.2. The van der Waals surface area contributed by atoms with Gasteiger partial charge < -0.3 is 9.73 Å². The Labute approximate surface area is 121 Å². The van der Waals surface area contributed by atoms with E-state index in [0.29, 0.717) is 24.4 Å². The quantitative estimate of drug-likeness (QED) is 0.892. The van der Waals surface area contributed by atoms with Crippen molar-refractivity contribution >= 4 is 31.9 Å². The van der Waals surface area contributed by atoms with E-state index in [1.165, 1.54) is 12.8 Å². The summed E-state index contributed by atoms with van der Waals surface area (Å²) in [6.45, 7) is 0.645. The third-order valence-electron chi connectivity index (χ3n) is 2.75. The van der Waals surface area contributed by atoms with Crippen LogP contribution in [0, 0.1) is 0 Å². The topological polar surface area (TPSA) is 51.0 Å².